The third-order valence-corrected chi connectivity index (χ3v) is 2.64. The first kappa shape index (κ1) is 13.6. The average molecular weight is 231 g/mol. The van der Waals surface area contributed by atoms with E-state index in [9.17, 15) is 0 Å². The molecule has 0 heterocycles. The van der Waals surface area contributed by atoms with E-state index in [0.29, 0.717) is 0 Å². The Hall–Kier alpha value is -1.44. The van der Waals surface area contributed by atoms with Gasteiger partial charge in [-0.05, 0) is 38.2 Å². The maximum atomic E-state index is 4.16. The largest absolute Gasteiger partial charge is 0.304 e. The van der Waals surface area contributed by atoms with E-state index < -0.39 is 0 Å². The van der Waals surface area contributed by atoms with Crippen LogP contribution < -0.4 is 0 Å². The molecule has 0 saturated carbocycles. The Morgan fingerprint density at radius 3 is 2.47 bits per heavy atom. The molecule has 0 radical (unpaired) electrons. The highest BCUT2D eigenvalue weighted by molar-refractivity contribution is 5.51. The van der Waals surface area contributed by atoms with Crippen molar-refractivity contribution in [2.75, 3.05) is 26.2 Å². The van der Waals surface area contributed by atoms with E-state index in [4.69, 9.17) is 0 Å². The molecule has 0 bridgehead atoms. The Kier molecular flexibility index (Phi) is 6.96. The van der Waals surface area contributed by atoms with Crippen LogP contribution in [0.3, 0.4) is 0 Å². The monoisotopic (exact) mass is 231 g/mol. The van der Waals surface area contributed by atoms with Gasteiger partial charge in [-0.3, -0.25) is 0 Å². The Morgan fingerprint density at radius 2 is 1.82 bits per heavy atom. The fourth-order valence-corrected chi connectivity index (χ4v) is 1.56. The third kappa shape index (κ3) is 6.00. The van der Waals surface area contributed by atoms with E-state index in [1.165, 1.54) is 0 Å². The lowest BCUT2D eigenvalue weighted by Crippen LogP contribution is -2.24. The molecule has 3 nitrogen and oxygen atoms in total. The van der Waals surface area contributed by atoms with Gasteiger partial charge in [-0.2, -0.15) is 4.99 Å². The van der Waals surface area contributed by atoms with E-state index in [0.717, 1.165) is 38.3 Å². The first-order chi connectivity index (χ1) is 8.36. The molecule has 3 heteroatoms. The summed E-state index contributed by atoms with van der Waals surface area (Å²) in [7, 11) is 0. The van der Waals surface area contributed by atoms with Gasteiger partial charge in [-0.15, -0.1) is 0 Å². The summed E-state index contributed by atoms with van der Waals surface area (Å²) in [5.41, 5.74) is 0.903. The lowest BCUT2D eigenvalue weighted by Gasteiger charge is -2.16. The van der Waals surface area contributed by atoms with Crippen molar-refractivity contribution < 1.29 is 0 Å². The highest BCUT2D eigenvalue weighted by atomic mass is 15.1. The molecule has 0 aliphatic carbocycles. The summed E-state index contributed by atoms with van der Waals surface area (Å²) in [4.78, 5) is 10.7. The van der Waals surface area contributed by atoms with Crippen molar-refractivity contribution in [2.45, 2.75) is 20.3 Å². The summed E-state index contributed by atoms with van der Waals surface area (Å²) in [5, 5.41) is 0. The van der Waals surface area contributed by atoms with Gasteiger partial charge >= 0.3 is 0 Å². The van der Waals surface area contributed by atoms with Crippen LogP contribution in [0.5, 0.6) is 0 Å². The average Bonchev–Trinajstić information content (AvgIpc) is 2.39. The predicted molar refractivity (Wildman–Crippen MR) is 73.2 cm³/mol. The fraction of sp³-hybridized carbons (Fsp3) is 0.500. The summed E-state index contributed by atoms with van der Waals surface area (Å²) in [6.45, 7) is 8.49. The van der Waals surface area contributed by atoms with Crippen LogP contribution >= 0.6 is 0 Å². The van der Waals surface area contributed by atoms with Crippen molar-refractivity contribution in [1.29, 1.82) is 0 Å². The molecule has 0 saturated heterocycles. The van der Waals surface area contributed by atoms with Gasteiger partial charge in [0.05, 0.1) is 18.2 Å². The van der Waals surface area contributed by atoms with Gasteiger partial charge in [0.25, 0.3) is 0 Å². The third-order valence-electron chi connectivity index (χ3n) is 2.64. The predicted octanol–water partition coefficient (Wildman–Crippen LogP) is 3.22. The number of hydrogen-bond acceptors (Lipinski definition) is 3. The number of para-hydroxylation sites is 1. The zero-order valence-corrected chi connectivity index (χ0v) is 10.8. The van der Waals surface area contributed by atoms with E-state index >= 15 is 0 Å². The van der Waals surface area contributed by atoms with Crippen LogP contribution in [0, 0.1) is 0 Å². The van der Waals surface area contributed by atoms with Crippen LogP contribution in [0.4, 0.5) is 5.69 Å². The van der Waals surface area contributed by atoms with Crippen molar-refractivity contribution >= 4 is 11.7 Å². The van der Waals surface area contributed by atoms with Gasteiger partial charge in [-0.1, -0.05) is 32.0 Å². The minimum atomic E-state index is 0.798. The SMILES string of the molecule is CCN(CC)CCCN=C=Nc1ccccc1. The van der Waals surface area contributed by atoms with Gasteiger partial charge in [0, 0.05) is 0 Å². The maximum Gasteiger partial charge on any atom is 0.0948 e. The highest BCUT2D eigenvalue weighted by Gasteiger charge is 1.96. The Bertz CT molecular complexity index is 349. The molecule has 0 aliphatic heterocycles. The van der Waals surface area contributed by atoms with Gasteiger partial charge in [0.1, 0.15) is 0 Å². The Morgan fingerprint density at radius 1 is 1.12 bits per heavy atom. The second kappa shape index (κ2) is 8.68. The molecule has 0 atom stereocenters. The Balaban J connectivity index is 2.24. The lowest BCUT2D eigenvalue weighted by molar-refractivity contribution is 0.302. The zero-order chi connectivity index (χ0) is 12.3. The first-order valence-corrected chi connectivity index (χ1v) is 6.26. The highest BCUT2D eigenvalue weighted by Crippen LogP contribution is 2.07. The van der Waals surface area contributed by atoms with Gasteiger partial charge < -0.3 is 4.90 Å². The van der Waals surface area contributed by atoms with Crippen LogP contribution in [0.25, 0.3) is 0 Å². The molecule has 1 rings (SSSR count). The number of rotatable bonds is 7. The summed E-state index contributed by atoms with van der Waals surface area (Å²) >= 11 is 0. The summed E-state index contributed by atoms with van der Waals surface area (Å²) in [6.07, 6.45) is 1.07. The van der Waals surface area contributed by atoms with E-state index in [1.807, 2.05) is 30.3 Å². The number of aliphatic imine (C=N–C) groups is 2. The van der Waals surface area contributed by atoms with Crippen LogP contribution in [0.2, 0.25) is 0 Å². The van der Waals surface area contributed by atoms with Crippen molar-refractivity contribution in [2.24, 2.45) is 9.98 Å². The summed E-state index contributed by atoms with van der Waals surface area (Å²) in [5.74, 6) is 0. The molecule has 0 aliphatic rings. The number of nitrogens with zero attached hydrogens (tertiary/aromatic N) is 3. The van der Waals surface area contributed by atoms with E-state index in [2.05, 4.69) is 34.7 Å². The molecule has 92 valence electrons. The van der Waals surface area contributed by atoms with Gasteiger partial charge in [0.15, 0.2) is 0 Å². The lowest BCUT2D eigenvalue weighted by atomic mass is 10.3. The first-order valence-electron chi connectivity index (χ1n) is 6.26. The fourth-order valence-electron chi connectivity index (χ4n) is 1.56. The molecule has 0 unspecified atom stereocenters. The Labute approximate surface area is 104 Å². The molecule has 17 heavy (non-hydrogen) atoms. The molecular weight excluding hydrogens is 210 g/mol. The van der Waals surface area contributed by atoms with Gasteiger partial charge in [0.2, 0.25) is 0 Å². The quantitative estimate of drug-likeness (QED) is 0.523. The second-order valence-corrected chi connectivity index (χ2v) is 3.81. The molecule has 0 N–H and O–H groups in total. The maximum absolute atomic E-state index is 4.16. The molecular formula is C14H21N3. The van der Waals surface area contributed by atoms with Crippen LogP contribution in [0.1, 0.15) is 20.3 Å². The standard InChI is InChI=1S/C14H21N3/c1-3-17(4-2)12-8-11-15-13-16-14-9-6-5-7-10-14/h5-7,9-10H,3-4,8,11-12H2,1-2H3. The zero-order valence-electron chi connectivity index (χ0n) is 10.8. The number of hydrogen-bond donors (Lipinski definition) is 0. The smallest absolute Gasteiger partial charge is 0.0948 e. The normalized spacial score (nSPS) is 10.1. The van der Waals surface area contributed by atoms with Gasteiger partial charge in [-0.25, -0.2) is 4.99 Å². The van der Waals surface area contributed by atoms with Crippen LogP contribution in [-0.2, 0) is 0 Å². The summed E-state index contributed by atoms with van der Waals surface area (Å²) < 4.78 is 0. The molecule has 0 fully saturated rings. The van der Waals surface area contributed by atoms with Crippen molar-refractivity contribution in [3.8, 4) is 0 Å². The second-order valence-electron chi connectivity index (χ2n) is 3.81. The minimum Gasteiger partial charge on any atom is -0.304 e. The van der Waals surface area contributed by atoms with Crippen molar-refractivity contribution in [3.05, 3.63) is 30.3 Å². The van der Waals surface area contributed by atoms with Crippen LogP contribution in [0.15, 0.2) is 40.3 Å². The molecule has 0 aromatic heterocycles. The summed E-state index contributed by atoms with van der Waals surface area (Å²) in [6, 6.07) is 12.5. The van der Waals surface area contributed by atoms with E-state index in [1.54, 1.807) is 0 Å². The molecule has 0 spiro atoms. The molecule has 0 amide bonds. The molecule has 1 aromatic rings. The topological polar surface area (TPSA) is 28.0 Å². The van der Waals surface area contributed by atoms with Crippen molar-refractivity contribution in [1.82, 2.24) is 4.90 Å². The van der Waals surface area contributed by atoms with Crippen molar-refractivity contribution in [3.63, 3.8) is 0 Å². The number of benzene rings is 1. The minimum absolute atomic E-state index is 0.798. The molecule has 1 aromatic carbocycles. The van der Waals surface area contributed by atoms with E-state index in [-0.39, 0.29) is 0 Å². The van der Waals surface area contributed by atoms with Crippen LogP contribution in [-0.4, -0.2) is 37.1 Å².